The minimum atomic E-state index is -0.958. The maximum atomic E-state index is 10.9. The van der Waals surface area contributed by atoms with Crippen LogP contribution in [0.15, 0.2) is 47.1 Å². The summed E-state index contributed by atoms with van der Waals surface area (Å²) in [4.78, 5) is 15.1. The first-order valence-corrected chi connectivity index (χ1v) is 5.42. The molecule has 0 spiro atoms. The molecular weight excluding hydrogens is 270 g/mol. The van der Waals surface area contributed by atoms with Gasteiger partial charge in [0, 0.05) is 5.56 Å². The fraction of sp³-hybridized carbons (Fsp3) is 0. The topological polar surface area (TPSA) is 50.2 Å². The van der Waals surface area contributed by atoms with Gasteiger partial charge >= 0.3 is 5.97 Å². The average Bonchev–Trinajstić information content (AvgIpc) is 2.29. The molecule has 3 nitrogen and oxygen atoms in total. The fourth-order valence-corrected chi connectivity index (χ4v) is 1.81. The number of hydrogen-bond acceptors (Lipinski definition) is 2. The molecule has 0 amide bonds. The van der Waals surface area contributed by atoms with Gasteiger partial charge in [0.25, 0.3) is 0 Å². The van der Waals surface area contributed by atoms with Crippen LogP contribution in [-0.2, 0) is 0 Å². The third-order valence-electron chi connectivity index (χ3n) is 2.11. The summed E-state index contributed by atoms with van der Waals surface area (Å²) in [6.07, 6.45) is 0. The van der Waals surface area contributed by atoms with Gasteiger partial charge in [0.1, 0.15) is 4.60 Å². The van der Waals surface area contributed by atoms with Gasteiger partial charge in [-0.05, 0) is 28.1 Å². The highest BCUT2D eigenvalue weighted by molar-refractivity contribution is 9.10. The van der Waals surface area contributed by atoms with Gasteiger partial charge in [0.2, 0.25) is 0 Å². The van der Waals surface area contributed by atoms with Crippen LogP contribution >= 0.6 is 15.9 Å². The van der Waals surface area contributed by atoms with Crippen LogP contribution in [0.5, 0.6) is 0 Å². The van der Waals surface area contributed by atoms with E-state index in [0.29, 0.717) is 10.3 Å². The second kappa shape index (κ2) is 4.45. The van der Waals surface area contributed by atoms with Crippen molar-refractivity contribution >= 4 is 21.9 Å². The largest absolute Gasteiger partial charge is 0.478 e. The molecule has 0 saturated carbocycles. The molecule has 2 rings (SSSR count). The van der Waals surface area contributed by atoms with Crippen molar-refractivity contribution < 1.29 is 9.90 Å². The Kier molecular flexibility index (Phi) is 3.01. The highest BCUT2D eigenvalue weighted by atomic mass is 79.9. The zero-order valence-electron chi connectivity index (χ0n) is 8.22. The summed E-state index contributed by atoms with van der Waals surface area (Å²) in [6.45, 7) is 0. The SMILES string of the molecule is O=C(O)c1cc(Br)nc(-c2ccccc2)c1. The van der Waals surface area contributed by atoms with E-state index >= 15 is 0 Å². The number of nitrogens with zero attached hydrogens (tertiary/aromatic N) is 1. The number of halogens is 1. The van der Waals surface area contributed by atoms with Gasteiger partial charge in [-0.3, -0.25) is 0 Å². The Labute approximate surface area is 101 Å². The molecule has 16 heavy (non-hydrogen) atoms. The monoisotopic (exact) mass is 277 g/mol. The Morgan fingerprint density at radius 3 is 2.50 bits per heavy atom. The van der Waals surface area contributed by atoms with Crippen molar-refractivity contribution in [1.82, 2.24) is 4.98 Å². The Balaban J connectivity index is 2.54. The molecule has 1 heterocycles. The third-order valence-corrected chi connectivity index (χ3v) is 2.52. The summed E-state index contributed by atoms with van der Waals surface area (Å²) in [5, 5.41) is 8.93. The smallest absolute Gasteiger partial charge is 0.335 e. The first-order chi connectivity index (χ1) is 7.66. The molecule has 1 N–H and O–H groups in total. The quantitative estimate of drug-likeness (QED) is 0.858. The molecule has 0 fully saturated rings. The number of carboxylic acid groups (broad SMARTS) is 1. The van der Waals surface area contributed by atoms with Crippen LogP contribution in [0.25, 0.3) is 11.3 Å². The maximum absolute atomic E-state index is 10.9. The van der Waals surface area contributed by atoms with Crippen LogP contribution in [-0.4, -0.2) is 16.1 Å². The number of rotatable bonds is 2. The van der Waals surface area contributed by atoms with E-state index in [1.165, 1.54) is 6.07 Å². The summed E-state index contributed by atoms with van der Waals surface area (Å²) in [5.74, 6) is -0.958. The van der Waals surface area contributed by atoms with E-state index in [2.05, 4.69) is 20.9 Å². The molecule has 1 aromatic heterocycles. The molecule has 0 saturated heterocycles. The summed E-state index contributed by atoms with van der Waals surface area (Å²) >= 11 is 3.20. The van der Waals surface area contributed by atoms with Gasteiger partial charge in [-0.2, -0.15) is 0 Å². The molecule has 0 aliphatic rings. The van der Waals surface area contributed by atoms with Crippen LogP contribution in [0, 0.1) is 0 Å². The normalized spacial score (nSPS) is 10.1. The molecular formula is C12H8BrNO2. The van der Waals surface area contributed by atoms with Gasteiger partial charge < -0.3 is 5.11 Å². The summed E-state index contributed by atoms with van der Waals surface area (Å²) in [7, 11) is 0. The van der Waals surface area contributed by atoms with E-state index < -0.39 is 5.97 Å². The molecule has 0 bridgehead atoms. The van der Waals surface area contributed by atoms with Crippen LogP contribution in [0.4, 0.5) is 0 Å². The van der Waals surface area contributed by atoms with Crippen molar-refractivity contribution in [2.24, 2.45) is 0 Å². The highest BCUT2D eigenvalue weighted by Gasteiger charge is 2.08. The number of pyridine rings is 1. The fourth-order valence-electron chi connectivity index (χ4n) is 1.38. The van der Waals surface area contributed by atoms with Crippen molar-refractivity contribution in [2.45, 2.75) is 0 Å². The summed E-state index contributed by atoms with van der Waals surface area (Å²) < 4.78 is 0.520. The van der Waals surface area contributed by atoms with Crippen LogP contribution in [0.3, 0.4) is 0 Å². The molecule has 80 valence electrons. The maximum Gasteiger partial charge on any atom is 0.335 e. The highest BCUT2D eigenvalue weighted by Crippen LogP contribution is 2.21. The second-order valence-corrected chi connectivity index (χ2v) is 4.05. The molecule has 4 heteroatoms. The van der Waals surface area contributed by atoms with Crippen molar-refractivity contribution in [1.29, 1.82) is 0 Å². The Morgan fingerprint density at radius 1 is 1.19 bits per heavy atom. The first-order valence-electron chi connectivity index (χ1n) is 4.63. The first kappa shape index (κ1) is 10.8. The number of carbonyl (C=O) groups is 1. The number of aromatic nitrogens is 1. The van der Waals surface area contributed by atoms with Crippen LogP contribution < -0.4 is 0 Å². The predicted molar refractivity (Wildman–Crippen MR) is 64.3 cm³/mol. The number of hydrogen-bond donors (Lipinski definition) is 1. The Bertz CT molecular complexity index is 526. The second-order valence-electron chi connectivity index (χ2n) is 3.23. The lowest BCUT2D eigenvalue weighted by Gasteiger charge is -2.03. The average molecular weight is 278 g/mol. The molecule has 2 aromatic rings. The van der Waals surface area contributed by atoms with E-state index in [0.717, 1.165) is 5.56 Å². The molecule has 0 unspecified atom stereocenters. The van der Waals surface area contributed by atoms with E-state index in [9.17, 15) is 4.79 Å². The minimum Gasteiger partial charge on any atom is -0.478 e. The van der Waals surface area contributed by atoms with Gasteiger partial charge in [-0.1, -0.05) is 30.3 Å². The van der Waals surface area contributed by atoms with Crippen LogP contribution in [0.1, 0.15) is 10.4 Å². The van der Waals surface area contributed by atoms with Gasteiger partial charge in [0.15, 0.2) is 0 Å². The van der Waals surface area contributed by atoms with E-state index in [-0.39, 0.29) is 5.56 Å². The standard InChI is InChI=1S/C12H8BrNO2/c13-11-7-9(12(15)16)6-10(14-11)8-4-2-1-3-5-8/h1-7H,(H,15,16). The van der Waals surface area contributed by atoms with Crippen molar-refractivity contribution in [3.63, 3.8) is 0 Å². The van der Waals surface area contributed by atoms with Gasteiger partial charge in [-0.15, -0.1) is 0 Å². The molecule has 0 aliphatic carbocycles. The lowest BCUT2D eigenvalue weighted by molar-refractivity contribution is 0.0696. The number of aromatic carboxylic acids is 1. The Morgan fingerprint density at radius 2 is 1.88 bits per heavy atom. The van der Waals surface area contributed by atoms with Gasteiger partial charge in [-0.25, -0.2) is 9.78 Å². The lowest BCUT2D eigenvalue weighted by atomic mass is 10.1. The molecule has 1 aromatic carbocycles. The molecule has 0 radical (unpaired) electrons. The zero-order chi connectivity index (χ0) is 11.5. The van der Waals surface area contributed by atoms with Crippen molar-refractivity contribution in [2.75, 3.05) is 0 Å². The number of benzene rings is 1. The lowest BCUT2D eigenvalue weighted by Crippen LogP contribution is -1.98. The summed E-state index contributed by atoms with van der Waals surface area (Å²) in [6, 6.07) is 12.5. The molecule has 0 aliphatic heterocycles. The van der Waals surface area contributed by atoms with Crippen molar-refractivity contribution in [3.05, 3.63) is 52.6 Å². The molecule has 0 atom stereocenters. The van der Waals surface area contributed by atoms with Crippen LogP contribution in [0.2, 0.25) is 0 Å². The van der Waals surface area contributed by atoms with Gasteiger partial charge in [0.05, 0.1) is 11.3 Å². The van der Waals surface area contributed by atoms with E-state index in [1.807, 2.05) is 30.3 Å². The summed E-state index contributed by atoms with van der Waals surface area (Å²) in [5.41, 5.74) is 1.76. The predicted octanol–water partition coefficient (Wildman–Crippen LogP) is 3.21. The minimum absolute atomic E-state index is 0.223. The third kappa shape index (κ3) is 2.28. The van der Waals surface area contributed by atoms with E-state index in [1.54, 1.807) is 6.07 Å². The Hall–Kier alpha value is -1.68. The zero-order valence-corrected chi connectivity index (χ0v) is 9.81. The van der Waals surface area contributed by atoms with Crippen molar-refractivity contribution in [3.8, 4) is 11.3 Å². The van der Waals surface area contributed by atoms with E-state index in [4.69, 9.17) is 5.11 Å². The number of carboxylic acids is 1.